The number of phenolic OH excluding ortho intramolecular Hbond substituents is 4. The van der Waals surface area contributed by atoms with Crippen LogP contribution >= 0.6 is 0 Å². The molecule has 2 rings (SSSR count). The van der Waals surface area contributed by atoms with E-state index in [-0.39, 0.29) is 0 Å². The van der Waals surface area contributed by atoms with Gasteiger partial charge in [-0.2, -0.15) is 0 Å². The van der Waals surface area contributed by atoms with Gasteiger partial charge in [0.15, 0.2) is 11.5 Å². The van der Waals surface area contributed by atoms with Crippen LogP contribution in [0, 0.1) is 0 Å². The molecule has 8 heteroatoms. The van der Waals surface area contributed by atoms with Crippen LogP contribution in [0.2, 0.25) is 0 Å². The summed E-state index contributed by atoms with van der Waals surface area (Å²) < 4.78 is 0. The number of rotatable bonds is 0. The number of aromatic hydroxyl groups is 4. The van der Waals surface area contributed by atoms with E-state index in [9.17, 15) is 39.6 Å². The fourth-order valence-corrected chi connectivity index (χ4v) is 1.57. The van der Waals surface area contributed by atoms with Crippen molar-refractivity contribution in [3.8, 4) is 23.0 Å². The Morgan fingerprint density at radius 2 is 0.722 bits per heavy atom. The first-order valence-corrected chi connectivity index (χ1v) is 4.46. The van der Waals surface area contributed by atoms with Crippen molar-refractivity contribution in [3.05, 3.63) is 40.9 Å². The van der Waals surface area contributed by atoms with E-state index in [1.54, 1.807) is 0 Å². The average molecular weight is 252 g/mol. The molecule has 0 unspecified atom stereocenters. The van der Waals surface area contributed by atoms with Gasteiger partial charge in [0, 0.05) is 0 Å². The summed E-state index contributed by atoms with van der Waals surface area (Å²) in [6.45, 7) is 0. The van der Waals surface area contributed by atoms with Crippen molar-refractivity contribution < 1.29 is 20.4 Å². The van der Waals surface area contributed by atoms with Gasteiger partial charge in [0.1, 0.15) is 0 Å². The zero-order valence-corrected chi connectivity index (χ0v) is 8.42. The fourth-order valence-electron chi connectivity index (χ4n) is 1.57. The summed E-state index contributed by atoms with van der Waals surface area (Å²) in [4.78, 5) is 45.0. The van der Waals surface area contributed by atoms with Gasteiger partial charge in [-0.1, -0.05) is 0 Å². The van der Waals surface area contributed by atoms with Crippen LogP contribution < -0.4 is 21.7 Å². The smallest absolute Gasteiger partial charge is 0.277 e. The molecule has 0 spiro atoms. The number of hydrogen-bond acceptors (Lipinski definition) is 8. The quantitative estimate of drug-likeness (QED) is 0.238. The summed E-state index contributed by atoms with van der Waals surface area (Å²) in [5.74, 6) is -5.04. The van der Waals surface area contributed by atoms with Crippen LogP contribution in [0.4, 0.5) is 0 Å². The van der Waals surface area contributed by atoms with Crippen LogP contribution in [0.15, 0.2) is 19.2 Å². The predicted molar refractivity (Wildman–Crippen MR) is 58.1 cm³/mol. The first-order valence-electron chi connectivity index (χ1n) is 4.46. The third-order valence-electron chi connectivity index (χ3n) is 2.47. The largest absolute Gasteiger partial charge is 0.504 e. The van der Waals surface area contributed by atoms with Gasteiger partial charge >= 0.3 is 0 Å². The van der Waals surface area contributed by atoms with Gasteiger partial charge in [-0.3, -0.25) is 19.2 Å². The highest BCUT2D eigenvalue weighted by Gasteiger charge is 2.25. The minimum Gasteiger partial charge on any atom is -0.504 e. The number of benzene rings is 2. The Morgan fingerprint density at radius 3 is 1.00 bits per heavy atom. The maximum absolute atomic E-state index is 11.4. The van der Waals surface area contributed by atoms with E-state index < -0.39 is 55.5 Å². The van der Waals surface area contributed by atoms with Gasteiger partial charge in [-0.25, -0.2) is 0 Å². The third-order valence-corrected chi connectivity index (χ3v) is 2.47. The molecule has 0 heterocycles. The van der Waals surface area contributed by atoms with E-state index in [1.165, 1.54) is 0 Å². The van der Waals surface area contributed by atoms with Gasteiger partial charge in [0.2, 0.25) is 22.4 Å². The lowest BCUT2D eigenvalue weighted by Gasteiger charge is -2.06. The van der Waals surface area contributed by atoms with Crippen molar-refractivity contribution in [1.82, 2.24) is 0 Å². The lowest BCUT2D eigenvalue weighted by atomic mass is 10.1. The standard InChI is InChI=1S/C10H4O8/c11-3-1-2(5(13)9(17)7(3)15)6(14)10(18)8(16)4(1)12/h11,13,15,17H. The van der Waals surface area contributed by atoms with E-state index in [0.717, 1.165) is 0 Å². The van der Waals surface area contributed by atoms with Crippen molar-refractivity contribution in [2.75, 3.05) is 0 Å². The highest BCUT2D eigenvalue weighted by Crippen LogP contribution is 2.45. The van der Waals surface area contributed by atoms with Crippen LogP contribution in [-0.2, 0) is 0 Å². The van der Waals surface area contributed by atoms with Gasteiger partial charge in [0.05, 0.1) is 10.8 Å². The predicted octanol–water partition coefficient (Wildman–Crippen LogP) is -2.02. The molecule has 2 aromatic rings. The van der Waals surface area contributed by atoms with Gasteiger partial charge in [-0.15, -0.1) is 0 Å². The van der Waals surface area contributed by atoms with Crippen LogP contribution in [0.5, 0.6) is 23.0 Å². The zero-order chi connectivity index (χ0) is 13.8. The Kier molecular flexibility index (Phi) is 2.12. The van der Waals surface area contributed by atoms with E-state index in [2.05, 4.69) is 0 Å². The molecule has 0 saturated carbocycles. The molecule has 0 saturated heterocycles. The van der Waals surface area contributed by atoms with Crippen LogP contribution in [0.25, 0.3) is 10.8 Å². The number of phenols is 4. The first-order chi connectivity index (χ1) is 8.29. The van der Waals surface area contributed by atoms with Crippen molar-refractivity contribution >= 4 is 10.8 Å². The second-order valence-electron chi connectivity index (χ2n) is 3.46. The summed E-state index contributed by atoms with van der Waals surface area (Å²) in [5.41, 5.74) is -6.46. The highest BCUT2D eigenvalue weighted by molar-refractivity contribution is 5.97. The SMILES string of the molecule is O=c1c(=O)c(=O)c2c(O)c(O)c(O)c(O)c2c1=O. The Balaban J connectivity index is 3.46. The maximum Gasteiger partial charge on any atom is 0.277 e. The van der Waals surface area contributed by atoms with Crippen molar-refractivity contribution in [1.29, 1.82) is 0 Å². The topological polar surface area (TPSA) is 149 Å². The van der Waals surface area contributed by atoms with Gasteiger partial charge in [-0.05, 0) is 0 Å². The summed E-state index contributed by atoms with van der Waals surface area (Å²) in [6, 6.07) is 0. The molecule has 0 aromatic heterocycles. The molecule has 0 atom stereocenters. The Hall–Kier alpha value is -2.90. The third kappa shape index (κ3) is 1.14. The molecular weight excluding hydrogens is 248 g/mol. The number of hydrogen-bond donors (Lipinski definition) is 4. The maximum atomic E-state index is 11.4. The number of fused-ring (bicyclic) bond motifs is 1. The summed E-state index contributed by atoms with van der Waals surface area (Å²) in [5, 5.41) is 35.1. The van der Waals surface area contributed by atoms with Gasteiger partial charge in [0.25, 0.3) is 10.9 Å². The van der Waals surface area contributed by atoms with Gasteiger partial charge < -0.3 is 20.4 Å². The monoisotopic (exact) mass is 252 g/mol. The van der Waals surface area contributed by atoms with E-state index in [0.29, 0.717) is 0 Å². The summed E-state index contributed by atoms with van der Waals surface area (Å²) in [6.07, 6.45) is 0. The summed E-state index contributed by atoms with van der Waals surface area (Å²) >= 11 is 0. The summed E-state index contributed by atoms with van der Waals surface area (Å²) in [7, 11) is 0. The normalized spacial score (nSPS) is 10.9. The van der Waals surface area contributed by atoms with E-state index in [4.69, 9.17) is 0 Å². The molecule has 92 valence electrons. The Labute approximate surface area is 95.9 Å². The lowest BCUT2D eigenvalue weighted by Crippen LogP contribution is -2.46. The van der Waals surface area contributed by atoms with Crippen molar-refractivity contribution in [2.24, 2.45) is 0 Å². The second kappa shape index (κ2) is 3.29. The molecule has 2 aromatic carbocycles. The first kappa shape index (κ1) is 11.6. The highest BCUT2D eigenvalue weighted by atomic mass is 16.3. The van der Waals surface area contributed by atoms with Crippen LogP contribution in [-0.4, -0.2) is 20.4 Å². The fraction of sp³-hybridized carbons (Fsp3) is 0. The Morgan fingerprint density at radius 1 is 0.444 bits per heavy atom. The molecule has 0 aliphatic carbocycles. The van der Waals surface area contributed by atoms with Crippen LogP contribution in [0.3, 0.4) is 0 Å². The van der Waals surface area contributed by atoms with Crippen molar-refractivity contribution in [2.45, 2.75) is 0 Å². The molecule has 8 nitrogen and oxygen atoms in total. The molecule has 4 N–H and O–H groups in total. The molecule has 0 amide bonds. The Bertz CT molecular complexity index is 811. The zero-order valence-electron chi connectivity index (χ0n) is 8.42. The molecule has 0 bridgehead atoms. The molecule has 0 aliphatic heterocycles. The van der Waals surface area contributed by atoms with Crippen LogP contribution in [0.1, 0.15) is 0 Å². The minimum atomic E-state index is -1.69. The molecular formula is C10H4O8. The average Bonchev–Trinajstić information content (AvgIpc) is 2.35. The molecule has 0 radical (unpaired) electrons. The molecule has 0 fully saturated rings. The van der Waals surface area contributed by atoms with Crippen molar-refractivity contribution in [3.63, 3.8) is 0 Å². The van der Waals surface area contributed by atoms with E-state index in [1.807, 2.05) is 0 Å². The lowest BCUT2D eigenvalue weighted by molar-refractivity contribution is 0.350. The second-order valence-corrected chi connectivity index (χ2v) is 3.46. The molecule has 0 aliphatic rings. The van der Waals surface area contributed by atoms with E-state index >= 15 is 0 Å². The molecule has 18 heavy (non-hydrogen) atoms. The minimum absolute atomic E-state index is 1.00.